The Hall–Kier alpha value is -1.54. The molecule has 0 aromatic heterocycles. The molecule has 2 aromatic rings. The van der Waals surface area contributed by atoms with Gasteiger partial charge in [-0.1, -0.05) is 30.3 Å². The van der Waals surface area contributed by atoms with Gasteiger partial charge in [0, 0.05) is 5.69 Å². The van der Waals surface area contributed by atoms with Gasteiger partial charge in [-0.2, -0.15) is 0 Å². The topological polar surface area (TPSA) is 3.24 Å². The van der Waals surface area contributed by atoms with Gasteiger partial charge in [-0.3, -0.25) is 0 Å². The molecule has 0 unspecified atom stereocenters. The number of piperazine rings is 1. The van der Waals surface area contributed by atoms with Crippen LogP contribution in [0.3, 0.4) is 0 Å². The van der Waals surface area contributed by atoms with E-state index >= 15 is 0 Å². The van der Waals surface area contributed by atoms with Crippen LogP contribution in [0.2, 0.25) is 0 Å². The highest BCUT2D eigenvalue weighted by atomic mass is 15.4. The minimum atomic E-state index is 1.18. The SMILES string of the molecule is CC[N+]1(CC)CCN(c2ccc3ccccc3c2)CC1. The van der Waals surface area contributed by atoms with Crippen molar-refractivity contribution < 1.29 is 4.48 Å². The minimum Gasteiger partial charge on any atom is -0.360 e. The Bertz CT molecular complexity index is 577. The minimum absolute atomic E-state index is 1.18. The summed E-state index contributed by atoms with van der Waals surface area (Å²) in [5.41, 5.74) is 1.38. The van der Waals surface area contributed by atoms with E-state index in [0.29, 0.717) is 0 Å². The fourth-order valence-corrected chi connectivity index (χ4v) is 3.38. The summed E-state index contributed by atoms with van der Waals surface area (Å²) in [4.78, 5) is 2.55. The van der Waals surface area contributed by atoms with Gasteiger partial charge in [-0.05, 0) is 36.8 Å². The zero-order valence-electron chi connectivity index (χ0n) is 12.7. The molecule has 0 saturated carbocycles. The predicted molar refractivity (Wildman–Crippen MR) is 87.2 cm³/mol. The van der Waals surface area contributed by atoms with Crippen LogP contribution in [0.5, 0.6) is 0 Å². The van der Waals surface area contributed by atoms with Crippen LogP contribution in [0.1, 0.15) is 13.8 Å². The zero-order chi connectivity index (χ0) is 14.0. The molecular weight excluding hydrogens is 244 g/mol. The largest absolute Gasteiger partial charge is 0.360 e. The van der Waals surface area contributed by atoms with Gasteiger partial charge in [0.1, 0.15) is 0 Å². The first-order valence-electron chi connectivity index (χ1n) is 7.85. The number of benzene rings is 2. The van der Waals surface area contributed by atoms with E-state index in [1.807, 2.05) is 0 Å². The fourth-order valence-electron chi connectivity index (χ4n) is 3.38. The lowest BCUT2D eigenvalue weighted by molar-refractivity contribution is -0.925. The molecule has 106 valence electrons. The van der Waals surface area contributed by atoms with Crippen LogP contribution in [0.4, 0.5) is 5.69 Å². The molecule has 0 radical (unpaired) electrons. The summed E-state index contributed by atoms with van der Waals surface area (Å²) < 4.78 is 1.28. The Morgan fingerprint density at radius 3 is 2.20 bits per heavy atom. The predicted octanol–water partition coefficient (Wildman–Crippen LogP) is 3.52. The first-order valence-corrected chi connectivity index (χ1v) is 7.85. The summed E-state index contributed by atoms with van der Waals surface area (Å²) in [5.74, 6) is 0. The lowest BCUT2D eigenvalue weighted by Gasteiger charge is -2.44. The van der Waals surface area contributed by atoms with Crippen molar-refractivity contribution in [2.24, 2.45) is 0 Å². The average Bonchev–Trinajstić information content (AvgIpc) is 2.54. The van der Waals surface area contributed by atoms with E-state index in [1.165, 1.54) is 60.2 Å². The van der Waals surface area contributed by atoms with Gasteiger partial charge in [0.05, 0.1) is 39.3 Å². The molecule has 3 rings (SSSR count). The first kappa shape index (κ1) is 13.4. The third-order valence-corrected chi connectivity index (χ3v) is 5.13. The van der Waals surface area contributed by atoms with Gasteiger partial charge in [-0.25, -0.2) is 0 Å². The smallest absolute Gasteiger partial charge is 0.0965 e. The highest BCUT2D eigenvalue weighted by molar-refractivity contribution is 5.85. The third kappa shape index (κ3) is 2.40. The molecule has 1 aliphatic rings. The van der Waals surface area contributed by atoms with E-state index in [4.69, 9.17) is 0 Å². The lowest BCUT2D eigenvalue weighted by Crippen LogP contribution is -2.59. The molecule has 2 aromatic carbocycles. The molecule has 0 spiro atoms. The summed E-state index contributed by atoms with van der Waals surface area (Å²) in [6, 6.07) is 15.5. The Balaban J connectivity index is 1.79. The molecule has 0 N–H and O–H groups in total. The van der Waals surface area contributed by atoms with Crippen LogP contribution in [0, 0.1) is 0 Å². The molecule has 20 heavy (non-hydrogen) atoms. The lowest BCUT2D eigenvalue weighted by atomic mass is 10.1. The quantitative estimate of drug-likeness (QED) is 0.771. The van der Waals surface area contributed by atoms with Crippen molar-refractivity contribution in [3.63, 3.8) is 0 Å². The number of fused-ring (bicyclic) bond motifs is 1. The summed E-state index contributed by atoms with van der Waals surface area (Å²) in [6.45, 7) is 12.1. The molecule has 1 saturated heterocycles. The van der Waals surface area contributed by atoms with Gasteiger partial charge in [-0.15, -0.1) is 0 Å². The van der Waals surface area contributed by atoms with E-state index < -0.39 is 0 Å². The van der Waals surface area contributed by atoms with Crippen molar-refractivity contribution in [1.29, 1.82) is 0 Å². The normalized spacial score (nSPS) is 18.4. The Morgan fingerprint density at radius 1 is 0.900 bits per heavy atom. The number of rotatable bonds is 3. The van der Waals surface area contributed by atoms with Gasteiger partial charge < -0.3 is 9.38 Å². The summed E-state index contributed by atoms with van der Waals surface area (Å²) in [7, 11) is 0. The van der Waals surface area contributed by atoms with Gasteiger partial charge in [0.25, 0.3) is 0 Å². The van der Waals surface area contributed by atoms with Gasteiger partial charge in [0.15, 0.2) is 0 Å². The molecule has 0 bridgehead atoms. The summed E-state index contributed by atoms with van der Waals surface area (Å²) >= 11 is 0. The van der Waals surface area contributed by atoms with E-state index in [0.717, 1.165) is 0 Å². The van der Waals surface area contributed by atoms with Crippen molar-refractivity contribution in [1.82, 2.24) is 0 Å². The second-order valence-corrected chi connectivity index (χ2v) is 5.94. The molecule has 1 heterocycles. The maximum atomic E-state index is 2.55. The van der Waals surface area contributed by atoms with Crippen LogP contribution in [-0.4, -0.2) is 43.8 Å². The molecule has 0 aliphatic carbocycles. The molecule has 2 heteroatoms. The molecule has 0 amide bonds. The van der Waals surface area contributed by atoms with Crippen molar-refractivity contribution in [2.75, 3.05) is 44.2 Å². The van der Waals surface area contributed by atoms with Gasteiger partial charge >= 0.3 is 0 Å². The fraction of sp³-hybridized carbons (Fsp3) is 0.444. The second-order valence-electron chi connectivity index (χ2n) is 5.94. The number of anilines is 1. The van der Waals surface area contributed by atoms with Gasteiger partial charge in [0.2, 0.25) is 0 Å². The van der Waals surface area contributed by atoms with Crippen LogP contribution in [0.25, 0.3) is 10.8 Å². The maximum Gasteiger partial charge on any atom is 0.0965 e. The number of nitrogens with zero attached hydrogens (tertiary/aromatic N) is 2. The molecule has 0 atom stereocenters. The van der Waals surface area contributed by atoms with Crippen molar-refractivity contribution in [2.45, 2.75) is 13.8 Å². The summed E-state index contributed by atoms with van der Waals surface area (Å²) in [6.07, 6.45) is 0. The molecule has 2 nitrogen and oxygen atoms in total. The van der Waals surface area contributed by atoms with Crippen LogP contribution < -0.4 is 4.90 Å². The van der Waals surface area contributed by atoms with E-state index in [2.05, 4.69) is 61.2 Å². The van der Waals surface area contributed by atoms with Crippen LogP contribution in [0.15, 0.2) is 42.5 Å². The van der Waals surface area contributed by atoms with Crippen LogP contribution >= 0.6 is 0 Å². The number of hydrogen-bond donors (Lipinski definition) is 0. The molecule has 1 aliphatic heterocycles. The Morgan fingerprint density at radius 2 is 1.55 bits per heavy atom. The van der Waals surface area contributed by atoms with Crippen molar-refractivity contribution >= 4 is 16.5 Å². The van der Waals surface area contributed by atoms with Crippen LogP contribution in [-0.2, 0) is 0 Å². The Kier molecular flexibility index (Phi) is 3.66. The standard InChI is InChI=1S/C18H25N2/c1-3-20(4-2)13-11-19(12-14-20)18-10-9-16-7-5-6-8-17(16)15-18/h5-10,15H,3-4,11-14H2,1-2H3/q+1. The third-order valence-electron chi connectivity index (χ3n) is 5.13. The highest BCUT2D eigenvalue weighted by Gasteiger charge is 2.29. The molecular formula is C18H25N2+. The van der Waals surface area contributed by atoms with Crippen molar-refractivity contribution in [3.8, 4) is 0 Å². The van der Waals surface area contributed by atoms with Crippen molar-refractivity contribution in [3.05, 3.63) is 42.5 Å². The van der Waals surface area contributed by atoms with E-state index in [1.54, 1.807) is 0 Å². The number of hydrogen-bond acceptors (Lipinski definition) is 1. The highest BCUT2D eigenvalue weighted by Crippen LogP contribution is 2.24. The second kappa shape index (κ2) is 5.45. The monoisotopic (exact) mass is 269 g/mol. The number of quaternary nitrogens is 1. The molecule has 1 fully saturated rings. The maximum absolute atomic E-state index is 2.55. The van der Waals surface area contributed by atoms with E-state index in [-0.39, 0.29) is 0 Å². The number of likely N-dealkylation sites (N-methyl/N-ethyl adjacent to an activating group) is 1. The summed E-state index contributed by atoms with van der Waals surface area (Å²) in [5, 5.41) is 2.68. The average molecular weight is 269 g/mol. The first-order chi connectivity index (χ1) is 9.76. The zero-order valence-corrected chi connectivity index (χ0v) is 12.7. The Labute approximate surface area is 122 Å². The van der Waals surface area contributed by atoms with E-state index in [9.17, 15) is 0 Å².